The number of methoxy groups -OCH3 is 1. The molecule has 0 bridgehead atoms. The van der Waals surface area contributed by atoms with Crippen LogP contribution in [-0.2, 0) is 4.74 Å². The Bertz CT molecular complexity index is 1080. The third-order valence-corrected chi connectivity index (χ3v) is 4.06. The van der Waals surface area contributed by atoms with Gasteiger partial charge in [-0.25, -0.2) is 15.0 Å². The van der Waals surface area contributed by atoms with Crippen molar-refractivity contribution in [3.63, 3.8) is 0 Å². The lowest BCUT2D eigenvalue weighted by molar-refractivity contribution is 0.423. The highest BCUT2D eigenvalue weighted by atomic mass is 16.5. The van der Waals surface area contributed by atoms with Crippen LogP contribution in [0.5, 0.6) is 0 Å². The number of ether oxygens (including phenoxy) is 1. The molecule has 0 radical (unpaired) electrons. The number of fused-ring (bicyclic) bond motifs is 1. The average Bonchev–Trinajstić information content (AvgIpc) is 2.73. The number of nitrogens with one attached hydrogen (secondary N) is 1. The van der Waals surface area contributed by atoms with Crippen molar-refractivity contribution in [1.82, 2.24) is 9.97 Å². The molecule has 5 nitrogen and oxygen atoms in total. The molecule has 0 aliphatic heterocycles. The third-order valence-electron chi connectivity index (χ3n) is 4.06. The van der Waals surface area contributed by atoms with Crippen LogP contribution < -0.4 is 5.32 Å². The Balaban J connectivity index is 1.87. The van der Waals surface area contributed by atoms with Crippen LogP contribution in [0.15, 0.2) is 83.9 Å². The first kappa shape index (κ1) is 16.7. The molecule has 5 heteroatoms. The van der Waals surface area contributed by atoms with Gasteiger partial charge in [0, 0.05) is 16.6 Å². The maximum absolute atomic E-state index is 4.92. The highest BCUT2D eigenvalue weighted by Crippen LogP contribution is 2.30. The van der Waals surface area contributed by atoms with E-state index in [1.54, 1.807) is 7.11 Å². The maximum atomic E-state index is 4.92. The van der Waals surface area contributed by atoms with Gasteiger partial charge in [-0.2, -0.15) is 0 Å². The second-order valence-corrected chi connectivity index (χ2v) is 5.92. The molecule has 27 heavy (non-hydrogen) atoms. The van der Waals surface area contributed by atoms with E-state index >= 15 is 0 Å². The number of nitrogens with zero attached hydrogens (tertiary/aromatic N) is 3. The monoisotopic (exact) mass is 354 g/mol. The SMILES string of the molecule is COC=Nc1ccc2nc(-c3ccccc3)nc(Nc3ccccc3)c2c1. The van der Waals surface area contributed by atoms with Gasteiger partial charge in [-0.3, -0.25) is 0 Å². The van der Waals surface area contributed by atoms with E-state index in [0.717, 1.165) is 33.7 Å². The topological polar surface area (TPSA) is 59.4 Å². The van der Waals surface area contributed by atoms with Crippen molar-refractivity contribution in [3.05, 3.63) is 78.9 Å². The van der Waals surface area contributed by atoms with Crippen LogP contribution in [0.25, 0.3) is 22.3 Å². The van der Waals surface area contributed by atoms with Crippen molar-refractivity contribution in [2.75, 3.05) is 12.4 Å². The number of hydrogen-bond acceptors (Lipinski definition) is 5. The lowest BCUT2D eigenvalue weighted by atomic mass is 10.1. The van der Waals surface area contributed by atoms with E-state index in [0.29, 0.717) is 5.82 Å². The van der Waals surface area contributed by atoms with Gasteiger partial charge in [0.15, 0.2) is 12.2 Å². The smallest absolute Gasteiger partial charge is 0.174 e. The molecule has 132 valence electrons. The summed E-state index contributed by atoms with van der Waals surface area (Å²) in [5, 5.41) is 4.30. The van der Waals surface area contributed by atoms with Crippen molar-refractivity contribution < 1.29 is 4.74 Å². The zero-order valence-corrected chi connectivity index (χ0v) is 14.8. The van der Waals surface area contributed by atoms with Gasteiger partial charge in [0.05, 0.1) is 18.3 Å². The van der Waals surface area contributed by atoms with Crippen molar-refractivity contribution in [2.24, 2.45) is 4.99 Å². The van der Waals surface area contributed by atoms with Crippen molar-refractivity contribution in [3.8, 4) is 11.4 Å². The summed E-state index contributed by atoms with van der Waals surface area (Å²) >= 11 is 0. The lowest BCUT2D eigenvalue weighted by Crippen LogP contribution is -1.99. The van der Waals surface area contributed by atoms with Crippen LogP contribution in [0.2, 0.25) is 0 Å². The summed E-state index contributed by atoms with van der Waals surface area (Å²) in [5.74, 6) is 1.41. The van der Waals surface area contributed by atoms with Gasteiger partial charge in [0.25, 0.3) is 0 Å². The Morgan fingerprint density at radius 2 is 1.63 bits per heavy atom. The van der Waals surface area contributed by atoms with Crippen LogP contribution in [0.1, 0.15) is 0 Å². The summed E-state index contributed by atoms with van der Waals surface area (Å²) in [7, 11) is 1.57. The molecule has 0 aliphatic carbocycles. The van der Waals surface area contributed by atoms with E-state index in [-0.39, 0.29) is 0 Å². The van der Waals surface area contributed by atoms with Crippen molar-refractivity contribution >= 4 is 34.5 Å². The van der Waals surface area contributed by atoms with Gasteiger partial charge in [-0.15, -0.1) is 0 Å². The number of para-hydroxylation sites is 1. The number of aromatic nitrogens is 2. The zero-order valence-electron chi connectivity index (χ0n) is 14.8. The van der Waals surface area contributed by atoms with E-state index in [1.165, 1.54) is 6.40 Å². The minimum atomic E-state index is 0.676. The molecular weight excluding hydrogens is 336 g/mol. The minimum absolute atomic E-state index is 0.676. The second-order valence-electron chi connectivity index (χ2n) is 5.92. The lowest BCUT2D eigenvalue weighted by Gasteiger charge is -2.11. The summed E-state index contributed by atoms with van der Waals surface area (Å²) < 4.78 is 4.92. The molecule has 0 saturated carbocycles. The largest absolute Gasteiger partial charge is 0.486 e. The molecule has 0 unspecified atom stereocenters. The highest BCUT2D eigenvalue weighted by Gasteiger charge is 2.10. The molecule has 4 rings (SSSR count). The van der Waals surface area contributed by atoms with E-state index in [9.17, 15) is 0 Å². The molecule has 1 aromatic heterocycles. The van der Waals surface area contributed by atoms with Gasteiger partial charge in [-0.05, 0) is 30.3 Å². The Morgan fingerprint density at radius 3 is 2.37 bits per heavy atom. The maximum Gasteiger partial charge on any atom is 0.174 e. The van der Waals surface area contributed by atoms with Crippen LogP contribution in [0, 0.1) is 0 Å². The first-order chi connectivity index (χ1) is 13.3. The molecule has 0 amide bonds. The third kappa shape index (κ3) is 3.77. The summed E-state index contributed by atoms with van der Waals surface area (Å²) in [4.78, 5) is 13.8. The minimum Gasteiger partial charge on any atom is -0.486 e. The normalized spacial score (nSPS) is 11.0. The number of anilines is 2. The molecule has 3 aromatic carbocycles. The van der Waals surface area contributed by atoms with Crippen LogP contribution in [-0.4, -0.2) is 23.5 Å². The summed E-state index contributed by atoms with van der Waals surface area (Å²) in [6.45, 7) is 0. The predicted octanol–water partition coefficient (Wildman–Crippen LogP) is 5.35. The fourth-order valence-corrected chi connectivity index (χ4v) is 2.78. The quantitative estimate of drug-likeness (QED) is 0.388. The molecule has 1 N–H and O–H groups in total. The van der Waals surface area contributed by atoms with E-state index < -0.39 is 0 Å². The summed E-state index contributed by atoms with van der Waals surface area (Å²) in [6.07, 6.45) is 1.41. The van der Waals surface area contributed by atoms with Crippen molar-refractivity contribution in [1.29, 1.82) is 0 Å². The summed E-state index contributed by atoms with van der Waals surface area (Å²) in [6, 6.07) is 25.7. The number of aliphatic imine (C=N–C) groups is 1. The molecule has 0 fully saturated rings. The Kier molecular flexibility index (Phi) is 4.74. The van der Waals surface area contributed by atoms with Crippen LogP contribution >= 0.6 is 0 Å². The molecule has 0 aliphatic rings. The number of benzene rings is 3. The molecule has 0 atom stereocenters. The number of hydrogen-bond donors (Lipinski definition) is 1. The zero-order chi connectivity index (χ0) is 18.5. The van der Waals surface area contributed by atoms with E-state index in [1.807, 2.05) is 78.9 Å². The Morgan fingerprint density at radius 1 is 0.889 bits per heavy atom. The molecule has 0 saturated heterocycles. The van der Waals surface area contributed by atoms with Gasteiger partial charge in [-0.1, -0.05) is 48.5 Å². The number of rotatable bonds is 5. The summed E-state index contributed by atoms with van der Waals surface area (Å²) in [5.41, 5.74) is 3.55. The standard InChI is InChI=1S/C22H18N4O/c1-27-15-23-18-12-13-20-19(14-18)22(24-17-10-6-3-7-11-17)26-21(25-20)16-8-4-2-5-9-16/h2-15H,1H3,(H,24,25,26). The highest BCUT2D eigenvalue weighted by molar-refractivity contribution is 5.94. The second kappa shape index (κ2) is 7.66. The Labute approximate surface area is 157 Å². The van der Waals surface area contributed by atoms with Gasteiger partial charge >= 0.3 is 0 Å². The fraction of sp³-hybridized carbons (Fsp3) is 0.0455. The molecule has 1 heterocycles. The molecule has 4 aromatic rings. The van der Waals surface area contributed by atoms with Crippen molar-refractivity contribution in [2.45, 2.75) is 0 Å². The van der Waals surface area contributed by atoms with Gasteiger partial charge < -0.3 is 10.1 Å². The van der Waals surface area contributed by atoms with Crippen LogP contribution in [0.3, 0.4) is 0 Å². The Hall–Kier alpha value is -3.73. The predicted molar refractivity (Wildman–Crippen MR) is 110 cm³/mol. The van der Waals surface area contributed by atoms with Gasteiger partial charge in [0.1, 0.15) is 5.82 Å². The van der Waals surface area contributed by atoms with E-state index in [4.69, 9.17) is 14.7 Å². The molecular formula is C22H18N4O. The first-order valence-electron chi connectivity index (χ1n) is 8.58. The fourth-order valence-electron chi connectivity index (χ4n) is 2.78. The molecule has 0 spiro atoms. The first-order valence-corrected chi connectivity index (χ1v) is 8.58. The van der Waals surface area contributed by atoms with Crippen LogP contribution in [0.4, 0.5) is 17.2 Å². The van der Waals surface area contributed by atoms with E-state index in [2.05, 4.69) is 10.3 Å². The van der Waals surface area contributed by atoms with Gasteiger partial charge in [0.2, 0.25) is 0 Å². The average molecular weight is 354 g/mol.